The Bertz CT molecular complexity index is 552. The smallest absolute Gasteiger partial charge is 0.0762 e. The summed E-state index contributed by atoms with van der Waals surface area (Å²) in [6.07, 6.45) is 1.97. The number of aromatic nitrogens is 4. The van der Waals surface area contributed by atoms with E-state index in [1.54, 1.807) is 0 Å². The first kappa shape index (κ1) is 13.8. The Hall–Kier alpha value is -1.62. The van der Waals surface area contributed by atoms with E-state index in [0.29, 0.717) is 0 Å². The van der Waals surface area contributed by atoms with Gasteiger partial charge in [0.1, 0.15) is 0 Å². The van der Waals surface area contributed by atoms with Crippen LogP contribution in [0.5, 0.6) is 0 Å². The molecule has 0 amide bonds. The highest BCUT2D eigenvalue weighted by Crippen LogP contribution is 2.21. The number of hydrogen-bond donors (Lipinski definition) is 1. The zero-order chi connectivity index (χ0) is 14.0. The third kappa shape index (κ3) is 2.87. The quantitative estimate of drug-likeness (QED) is 0.896. The number of nitrogens with one attached hydrogen (secondary N) is 1. The maximum Gasteiger partial charge on any atom is 0.0762 e. The fourth-order valence-electron chi connectivity index (χ4n) is 2.56. The van der Waals surface area contributed by atoms with Crippen molar-refractivity contribution < 1.29 is 0 Å². The summed E-state index contributed by atoms with van der Waals surface area (Å²) >= 11 is 0. The molecule has 1 unspecified atom stereocenters. The van der Waals surface area contributed by atoms with Gasteiger partial charge in [0.15, 0.2) is 0 Å². The summed E-state index contributed by atoms with van der Waals surface area (Å²) in [5.74, 6) is 0. The first-order valence-electron chi connectivity index (χ1n) is 6.78. The van der Waals surface area contributed by atoms with Crippen LogP contribution in [0, 0.1) is 13.8 Å². The molecule has 0 aliphatic heterocycles. The van der Waals surface area contributed by atoms with Crippen molar-refractivity contribution in [2.75, 3.05) is 0 Å². The Morgan fingerprint density at radius 1 is 1.32 bits per heavy atom. The molecule has 5 nitrogen and oxygen atoms in total. The molecule has 0 saturated carbocycles. The SMILES string of the molecule is CCn1nc(C)c(C(C)NCc2ccn(C)n2)c1C. The van der Waals surface area contributed by atoms with E-state index in [2.05, 4.69) is 47.9 Å². The molecule has 2 aromatic heterocycles. The van der Waals surface area contributed by atoms with Crippen molar-refractivity contribution in [2.24, 2.45) is 7.05 Å². The van der Waals surface area contributed by atoms with Crippen molar-refractivity contribution >= 4 is 0 Å². The van der Waals surface area contributed by atoms with Crippen LogP contribution in [0.2, 0.25) is 0 Å². The van der Waals surface area contributed by atoms with Gasteiger partial charge in [-0.15, -0.1) is 0 Å². The van der Waals surface area contributed by atoms with Crippen molar-refractivity contribution in [3.8, 4) is 0 Å². The summed E-state index contributed by atoms with van der Waals surface area (Å²) in [5.41, 5.74) is 4.73. The predicted octanol–water partition coefficient (Wildman–Crippen LogP) is 2.10. The fraction of sp³-hybridized carbons (Fsp3) is 0.571. The van der Waals surface area contributed by atoms with E-state index in [0.717, 1.165) is 24.5 Å². The number of rotatable bonds is 5. The second-order valence-corrected chi connectivity index (χ2v) is 4.98. The van der Waals surface area contributed by atoms with Crippen molar-refractivity contribution in [2.45, 2.75) is 46.8 Å². The lowest BCUT2D eigenvalue weighted by molar-refractivity contribution is 0.555. The molecule has 0 aliphatic carbocycles. The summed E-state index contributed by atoms with van der Waals surface area (Å²) in [6, 6.07) is 2.32. The minimum absolute atomic E-state index is 0.280. The van der Waals surface area contributed by atoms with Gasteiger partial charge < -0.3 is 5.32 Å². The minimum Gasteiger partial charge on any atom is -0.304 e. The van der Waals surface area contributed by atoms with E-state index >= 15 is 0 Å². The summed E-state index contributed by atoms with van der Waals surface area (Å²) in [6.45, 7) is 10.2. The van der Waals surface area contributed by atoms with E-state index in [1.165, 1.54) is 11.3 Å². The van der Waals surface area contributed by atoms with Gasteiger partial charge in [0.2, 0.25) is 0 Å². The van der Waals surface area contributed by atoms with Crippen molar-refractivity contribution in [3.63, 3.8) is 0 Å². The Labute approximate surface area is 114 Å². The largest absolute Gasteiger partial charge is 0.304 e. The average molecular weight is 261 g/mol. The molecule has 2 rings (SSSR count). The van der Waals surface area contributed by atoms with Crippen LogP contribution < -0.4 is 5.32 Å². The molecule has 0 fully saturated rings. The minimum atomic E-state index is 0.280. The molecule has 5 heteroatoms. The second-order valence-electron chi connectivity index (χ2n) is 4.98. The van der Waals surface area contributed by atoms with Gasteiger partial charge in [0.05, 0.1) is 11.4 Å². The third-order valence-corrected chi connectivity index (χ3v) is 3.53. The first-order chi connectivity index (χ1) is 9.02. The molecule has 19 heavy (non-hydrogen) atoms. The van der Waals surface area contributed by atoms with Crippen LogP contribution >= 0.6 is 0 Å². The molecule has 104 valence electrons. The van der Waals surface area contributed by atoms with Crippen LogP contribution in [0.3, 0.4) is 0 Å². The maximum absolute atomic E-state index is 4.57. The van der Waals surface area contributed by atoms with Crippen LogP contribution in [0.4, 0.5) is 0 Å². The summed E-state index contributed by atoms with van der Waals surface area (Å²) < 4.78 is 3.89. The zero-order valence-corrected chi connectivity index (χ0v) is 12.4. The van der Waals surface area contributed by atoms with Crippen LogP contribution in [-0.4, -0.2) is 19.6 Å². The van der Waals surface area contributed by atoms with Gasteiger partial charge in [-0.05, 0) is 33.8 Å². The average Bonchev–Trinajstić information content (AvgIpc) is 2.90. The van der Waals surface area contributed by atoms with E-state index in [-0.39, 0.29) is 6.04 Å². The molecule has 0 aromatic carbocycles. The van der Waals surface area contributed by atoms with Gasteiger partial charge in [0, 0.05) is 43.6 Å². The van der Waals surface area contributed by atoms with E-state index < -0.39 is 0 Å². The Balaban J connectivity index is 2.07. The predicted molar refractivity (Wildman–Crippen MR) is 75.8 cm³/mol. The van der Waals surface area contributed by atoms with Gasteiger partial charge in [-0.25, -0.2) is 0 Å². The standard InChI is InChI=1S/C14H23N5/c1-6-19-12(4)14(11(3)16-19)10(2)15-9-13-7-8-18(5)17-13/h7-8,10,15H,6,9H2,1-5H3. The van der Waals surface area contributed by atoms with Gasteiger partial charge >= 0.3 is 0 Å². The molecule has 0 bridgehead atoms. The lowest BCUT2D eigenvalue weighted by atomic mass is 10.1. The zero-order valence-electron chi connectivity index (χ0n) is 12.4. The van der Waals surface area contributed by atoms with Crippen LogP contribution in [0.25, 0.3) is 0 Å². The van der Waals surface area contributed by atoms with Crippen LogP contribution in [0.15, 0.2) is 12.3 Å². The van der Waals surface area contributed by atoms with E-state index in [9.17, 15) is 0 Å². The fourth-order valence-corrected chi connectivity index (χ4v) is 2.56. The highest BCUT2D eigenvalue weighted by molar-refractivity contribution is 5.27. The molecule has 1 atom stereocenters. The van der Waals surface area contributed by atoms with Crippen LogP contribution in [0.1, 0.15) is 42.5 Å². The Morgan fingerprint density at radius 2 is 2.05 bits per heavy atom. The topological polar surface area (TPSA) is 47.7 Å². The molecular weight excluding hydrogens is 238 g/mol. The lowest BCUT2D eigenvalue weighted by Crippen LogP contribution is -2.19. The first-order valence-corrected chi connectivity index (χ1v) is 6.78. The van der Waals surface area contributed by atoms with Crippen LogP contribution in [-0.2, 0) is 20.1 Å². The number of aryl methyl sites for hydroxylation is 3. The molecule has 2 heterocycles. The van der Waals surface area contributed by atoms with E-state index in [1.807, 2.05) is 24.0 Å². The van der Waals surface area contributed by atoms with Gasteiger partial charge in [-0.1, -0.05) is 0 Å². The number of nitrogens with zero attached hydrogens (tertiary/aromatic N) is 4. The molecule has 1 N–H and O–H groups in total. The second kappa shape index (κ2) is 5.57. The Morgan fingerprint density at radius 3 is 2.58 bits per heavy atom. The van der Waals surface area contributed by atoms with E-state index in [4.69, 9.17) is 0 Å². The molecular formula is C14H23N5. The highest BCUT2D eigenvalue weighted by atomic mass is 15.3. The number of hydrogen-bond acceptors (Lipinski definition) is 3. The maximum atomic E-state index is 4.57. The van der Waals surface area contributed by atoms with Gasteiger partial charge in [-0.3, -0.25) is 9.36 Å². The molecule has 2 aromatic rings. The van der Waals surface area contributed by atoms with Crippen molar-refractivity contribution in [1.29, 1.82) is 0 Å². The third-order valence-electron chi connectivity index (χ3n) is 3.53. The molecule has 0 spiro atoms. The van der Waals surface area contributed by atoms with Crippen molar-refractivity contribution in [3.05, 3.63) is 34.9 Å². The summed E-state index contributed by atoms with van der Waals surface area (Å²) in [4.78, 5) is 0. The Kier molecular flexibility index (Phi) is 4.04. The summed E-state index contributed by atoms with van der Waals surface area (Å²) in [7, 11) is 1.94. The monoisotopic (exact) mass is 261 g/mol. The van der Waals surface area contributed by atoms with Gasteiger partial charge in [-0.2, -0.15) is 10.2 Å². The highest BCUT2D eigenvalue weighted by Gasteiger charge is 2.16. The van der Waals surface area contributed by atoms with Crippen molar-refractivity contribution in [1.82, 2.24) is 24.9 Å². The molecule has 0 saturated heterocycles. The summed E-state index contributed by atoms with van der Waals surface area (Å²) in [5, 5.41) is 12.5. The van der Waals surface area contributed by atoms with Gasteiger partial charge in [0.25, 0.3) is 0 Å². The molecule has 0 aliphatic rings. The lowest BCUT2D eigenvalue weighted by Gasteiger charge is -2.14. The molecule has 0 radical (unpaired) electrons. The normalized spacial score (nSPS) is 12.9.